The van der Waals surface area contributed by atoms with Gasteiger partial charge in [0.05, 0.1) is 27.5 Å². The van der Waals surface area contributed by atoms with Gasteiger partial charge in [0.2, 0.25) is 0 Å². The summed E-state index contributed by atoms with van der Waals surface area (Å²) >= 11 is 4.73. The molecule has 0 N–H and O–H groups in total. The van der Waals surface area contributed by atoms with Gasteiger partial charge >= 0.3 is 19.8 Å². The van der Waals surface area contributed by atoms with Crippen molar-refractivity contribution in [1.29, 1.82) is 0 Å². The minimum absolute atomic E-state index is 0. The zero-order chi connectivity index (χ0) is 27.7. The number of thioether (sulfide) groups is 3. The van der Waals surface area contributed by atoms with Gasteiger partial charge in [-0.05, 0) is 45.2 Å². The van der Waals surface area contributed by atoms with E-state index in [1.807, 2.05) is 39.1 Å². The van der Waals surface area contributed by atoms with Crippen LogP contribution in [0.2, 0.25) is 0 Å². The molecule has 0 aromatic heterocycles. The zero-order valence-corrected chi connectivity index (χ0v) is 27.9. The monoisotopic (exact) mass is 643 g/mol. The molecule has 0 amide bonds. The summed E-state index contributed by atoms with van der Waals surface area (Å²) in [5.74, 6) is 0.537. The van der Waals surface area contributed by atoms with E-state index in [1.165, 1.54) is 11.8 Å². The van der Waals surface area contributed by atoms with Crippen LogP contribution in [-0.4, -0.2) is 94.2 Å². The van der Waals surface area contributed by atoms with Crippen LogP contribution >= 0.6 is 35.3 Å². The molecule has 7 nitrogen and oxygen atoms in total. The molecule has 0 radical (unpaired) electrons. The van der Waals surface area contributed by atoms with Gasteiger partial charge in [-0.1, -0.05) is 50.0 Å². The summed E-state index contributed by atoms with van der Waals surface area (Å²) < 4.78 is 0. The van der Waals surface area contributed by atoms with Gasteiger partial charge in [-0.3, -0.25) is 14.9 Å². The molecule has 208 valence electrons. The van der Waals surface area contributed by atoms with Gasteiger partial charge < -0.3 is 20.1 Å². The number of likely N-dealkylation sites (N-methyl/N-ethyl adjacent to an activating group) is 1. The minimum atomic E-state index is -1.29. The summed E-state index contributed by atoms with van der Waals surface area (Å²) in [6.07, 6.45) is 4.80. The molecule has 1 aromatic rings. The summed E-state index contributed by atoms with van der Waals surface area (Å²) in [5.41, 5.74) is -0.313. The number of benzene rings is 1. The Hall–Kier alpha value is -0.824. The first-order valence-electron chi connectivity index (χ1n) is 13.0. The van der Waals surface area contributed by atoms with Crippen molar-refractivity contribution < 1.29 is 20.1 Å². The SMILES string of the molecule is C=CCCCCc1cccc([O-])c1C1=N[C@@H]([C@H]2SC[C@@H]([C@@H]([O-])C(C)(C)C3=N[C@@](C)(C(=O)[O-])CS3)N2C)CS1.[Ga+3]. The fourth-order valence-electron chi connectivity index (χ4n) is 5.14. The second-order valence-electron chi connectivity index (χ2n) is 11.0. The molecule has 0 aliphatic carbocycles. The molecular weight excluding hydrogens is 608 g/mol. The molecule has 0 spiro atoms. The molecule has 3 heterocycles. The van der Waals surface area contributed by atoms with Crippen LogP contribution in [-0.2, 0) is 11.2 Å². The Bertz CT molecular complexity index is 1130. The average molecular weight is 645 g/mol. The molecular formula is C28H36GaN3O4S3. The van der Waals surface area contributed by atoms with Crippen LogP contribution in [0.1, 0.15) is 51.2 Å². The Morgan fingerprint density at radius 2 is 2.05 bits per heavy atom. The zero-order valence-electron chi connectivity index (χ0n) is 23.1. The number of unbranched alkanes of at least 4 members (excludes halogenated alkanes) is 2. The van der Waals surface area contributed by atoms with Crippen LogP contribution in [0.3, 0.4) is 0 Å². The molecule has 0 unspecified atom stereocenters. The fourth-order valence-corrected chi connectivity index (χ4v) is 9.37. The van der Waals surface area contributed by atoms with Gasteiger partial charge in [-0.25, -0.2) is 0 Å². The van der Waals surface area contributed by atoms with Gasteiger partial charge in [0, 0.05) is 34.3 Å². The number of carbonyl (C=O) groups excluding carboxylic acids is 1. The van der Waals surface area contributed by atoms with E-state index >= 15 is 0 Å². The van der Waals surface area contributed by atoms with Crippen LogP contribution in [0.5, 0.6) is 5.75 Å². The maximum atomic E-state index is 13.8. The Balaban J connectivity index is 0.00000420. The first-order chi connectivity index (χ1) is 18.0. The van der Waals surface area contributed by atoms with Crippen molar-refractivity contribution in [1.82, 2.24) is 4.90 Å². The summed E-state index contributed by atoms with van der Waals surface area (Å²) in [5, 5.41) is 39.7. The summed E-state index contributed by atoms with van der Waals surface area (Å²) in [4.78, 5) is 23.1. The smallest absolute Gasteiger partial charge is 0.872 e. The number of nitrogens with zero attached hydrogens (tertiary/aromatic N) is 3. The number of carboxylic acid groups (broad SMARTS) is 1. The van der Waals surface area contributed by atoms with Crippen molar-refractivity contribution in [2.75, 3.05) is 24.3 Å². The molecule has 11 heteroatoms. The van der Waals surface area contributed by atoms with Crippen LogP contribution in [0.4, 0.5) is 0 Å². The number of hydrogen-bond acceptors (Lipinski definition) is 10. The summed E-state index contributed by atoms with van der Waals surface area (Å²) in [6.45, 7) is 9.07. The minimum Gasteiger partial charge on any atom is -0.872 e. The van der Waals surface area contributed by atoms with Gasteiger partial charge in [-0.2, -0.15) is 0 Å². The fraction of sp³-hybridized carbons (Fsp3) is 0.607. The molecule has 39 heavy (non-hydrogen) atoms. The number of aliphatic imine (C=N–C) groups is 2. The molecule has 3 aliphatic heterocycles. The Kier molecular flexibility index (Phi) is 11.3. The standard InChI is InChI=1S/C28H38N3O4S3.Ga/c1-6-7-8-9-11-17-12-10-13-20(32)21(17)23-29-18(14-36-23)24-31(5)19(15-37-24)22(33)27(2,3)25-30-28(4,16-38-25)26(34)35;/h6,10,12-13,18-19,22,24,32H,1,7-9,11,14-16H2,2-5H3,(H,34,35);/q-1;+3/p-2/t18-,19+,22-,24-,28-;/m1./s1. The second kappa shape index (κ2) is 13.4. The third-order valence-corrected chi connectivity index (χ3v) is 11.9. The average Bonchev–Trinajstić information content (AvgIpc) is 3.60. The molecule has 0 saturated carbocycles. The number of aliphatic carboxylic acids is 1. The number of rotatable bonds is 11. The first-order valence-corrected chi connectivity index (χ1v) is 16.1. The third kappa shape index (κ3) is 6.81. The van der Waals surface area contributed by atoms with E-state index < -0.39 is 23.0 Å². The number of carbonyl (C=O) groups is 1. The van der Waals surface area contributed by atoms with Gasteiger partial charge in [0.1, 0.15) is 5.54 Å². The van der Waals surface area contributed by atoms with Gasteiger partial charge in [-0.15, -0.1) is 41.9 Å². The maximum absolute atomic E-state index is 13.8. The van der Waals surface area contributed by atoms with Crippen LogP contribution in [0, 0.1) is 5.41 Å². The Morgan fingerprint density at radius 1 is 1.31 bits per heavy atom. The molecule has 1 fully saturated rings. The molecule has 1 aromatic carbocycles. The van der Waals surface area contributed by atoms with E-state index in [0.717, 1.165) is 47.6 Å². The summed E-state index contributed by atoms with van der Waals surface area (Å²) in [6, 6.07) is 5.22. The van der Waals surface area contributed by atoms with Crippen molar-refractivity contribution >= 4 is 71.1 Å². The van der Waals surface area contributed by atoms with E-state index in [-0.39, 0.29) is 48.8 Å². The molecule has 0 bridgehead atoms. The second-order valence-corrected chi connectivity index (χ2v) is 14.1. The number of allylic oxidation sites excluding steroid dienone is 1. The first kappa shape index (κ1) is 32.7. The van der Waals surface area contributed by atoms with Crippen molar-refractivity contribution in [2.24, 2.45) is 15.4 Å². The van der Waals surface area contributed by atoms with E-state index in [4.69, 9.17) is 4.99 Å². The number of hydrogen-bond donors (Lipinski definition) is 0. The van der Waals surface area contributed by atoms with E-state index in [9.17, 15) is 20.1 Å². The van der Waals surface area contributed by atoms with Crippen LogP contribution in [0.25, 0.3) is 0 Å². The van der Waals surface area contributed by atoms with Gasteiger partial charge in [0.25, 0.3) is 0 Å². The van der Waals surface area contributed by atoms with Crippen molar-refractivity contribution in [2.45, 2.75) is 75.6 Å². The molecule has 5 atom stereocenters. The summed E-state index contributed by atoms with van der Waals surface area (Å²) in [7, 11) is 1.98. The molecule has 1 saturated heterocycles. The predicted molar refractivity (Wildman–Crippen MR) is 161 cm³/mol. The van der Waals surface area contributed by atoms with Crippen LogP contribution < -0.4 is 15.3 Å². The number of carboxylic acids is 1. The van der Waals surface area contributed by atoms with Crippen molar-refractivity contribution in [3.8, 4) is 5.75 Å². The molecule has 4 rings (SSSR count). The third-order valence-electron chi connectivity index (χ3n) is 7.69. The number of aryl methyl sites for hydroxylation is 1. The van der Waals surface area contributed by atoms with Gasteiger partial charge in [0.15, 0.2) is 0 Å². The van der Waals surface area contributed by atoms with E-state index in [1.54, 1.807) is 36.5 Å². The quantitative estimate of drug-likeness (QED) is 0.204. The molecule has 3 aliphatic rings. The normalized spacial score (nSPS) is 28.1. The predicted octanol–water partition coefficient (Wildman–Crippen LogP) is 1.92. The van der Waals surface area contributed by atoms with E-state index in [0.29, 0.717) is 10.8 Å². The maximum Gasteiger partial charge on any atom is 3.00 e. The Morgan fingerprint density at radius 3 is 2.72 bits per heavy atom. The van der Waals surface area contributed by atoms with Crippen molar-refractivity contribution in [3.05, 3.63) is 42.0 Å². The van der Waals surface area contributed by atoms with Crippen LogP contribution in [0.15, 0.2) is 40.8 Å². The topological polar surface area (TPSA) is 114 Å². The Labute approximate surface area is 257 Å². The largest absolute Gasteiger partial charge is 3.00 e. The van der Waals surface area contributed by atoms with Crippen molar-refractivity contribution in [3.63, 3.8) is 0 Å². The van der Waals surface area contributed by atoms with E-state index in [2.05, 4.69) is 16.5 Å².